The summed E-state index contributed by atoms with van der Waals surface area (Å²) in [6, 6.07) is 7.41. The molecule has 5 heteroatoms. The number of benzene rings is 1. The zero-order valence-corrected chi connectivity index (χ0v) is 10.8. The molecule has 1 heterocycles. The molecule has 2 rings (SSSR count). The molecule has 1 amide bonds. The van der Waals surface area contributed by atoms with Crippen molar-refractivity contribution >= 4 is 16.8 Å². The van der Waals surface area contributed by atoms with Gasteiger partial charge in [0, 0.05) is 25.2 Å². The summed E-state index contributed by atoms with van der Waals surface area (Å²) in [5.41, 5.74) is 1.66. The third-order valence-corrected chi connectivity index (χ3v) is 3.10. The minimum atomic E-state index is -0.951. The maximum absolute atomic E-state index is 10.7. The van der Waals surface area contributed by atoms with Gasteiger partial charge in [-0.3, -0.25) is 4.79 Å². The van der Waals surface area contributed by atoms with Gasteiger partial charge in [0.15, 0.2) is 0 Å². The first-order valence-corrected chi connectivity index (χ1v) is 6.25. The summed E-state index contributed by atoms with van der Waals surface area (Å²) in [6.07, 6.45) is 0.288. The molecule has 0 saturated carbocycles. The first-order chi connectivity index (χ1) is 9.08. The van der Waals surface area contributed by atoms with Gasteiger partial charge in [-0.2, -0.15) is 0 Å². The Hall–Kier alpha value is -1.85. The van der Waals surface area contributed by atoms with Crippen molar-refractivity contribution in [2.75, 3.05) is 6.54 Å². The van der Waals surface area contributed by atoms with E-state index < -0.39 is 12.2 Å². The normalized spacial score (nSPS) is 14.3. The standard InChI is InChI=1S/C14H18N2O3/c1-9(17)15-7-5-13(18)14(19)11-2-3-12-10(8-11)4-6-16-12/h2-4,6,8,13-14,16,18-19H,5,7H2,1H3,(H,15,17). The molecular formula is C14H18N2O3. The summed E-state index contributed by atoms with van der Waals surface area (Å²) in [5.74, 6) is -0.143. The second-order valence-corrected chi connectivity index (χ2v) is 4.61. The highest BCUT2D eigenvalue weighted by atomic mass is 16.3. The van der Waals surface area contributed by atoms with Gasteiger partial charge in [-0.25, -0.2) is 0 Å². The molecule has 0 aliphatic carbocycles. The van der Waals surface area contributed by atoms with Crippen LogP contribution < -0.4 is 5.32 Å². The molecule has 1 aromatic carbocycles. The first kappa shape index (κ1) is 13.6. The smallest absolute Gasteiger partial charge is 0.216 e. The molecule has 102 valence electrons. The number of aliphatic hydroxyl groups is 2. The number of carbonyl (C=O) groups excluding carboxylic acids is 1. The maximum Gasteiger partial charge on any atom is 0.216 e. The van der Waals surface area contributed by atoms with Crippen molar-refractivity contribution in [2.45, 2.75) is 25.6 Å². The van der Waals surface area contributed by atoms with Crippen LogP contribution in [-0.2, 0) is 4.79 Å². The van der Waals surface area contributed by atoms with Gasteiger partial charge in [0.1, 0.15) is 6.10 Å². The molecule has 0 aliphatic heterocycles. The Labute approximate surface area is 111 Å². The van der Waals surface area contributed by atoms with Gasteiger partial charge in [-0.05, 0) is 35.6 Å². The fourth-order valence-corrected chi connectivity index (χ4v) is 2.03. The van der Waals surface area contributed by atoms with Crippen LogP contribution in [0.5, 0.6) is 0 Å². The fourth-order valence-electron chi connectivity index (χ4n) is 2.03. The number of rotatable bonds is 5. The van der Waals surface area contributed by atoms with Crippen LogP contribution in [0, 0.1) is 0 Å². The third-order valence-electron chi connectivity index (χ3n) is 3.10. The highest BCUT2D eigenvalue weighted by Crippen LogP contribution is 2.23. The van der Waals surface area contributed by atoms with Gasteiger partial charge >= 0.3 is 0 Å². The lowest BCUT2D eigenvalue weighted by Crippen LogP contribution is -2.27. The highest BCUT2D eigenvalue weighted by Gasteiger charge is 2.18. The van der Waals surface area contributed by atoms with Gasteiger partial charge in [0.25, 0.3) is 0 Å². The van der Waals surface area contributed by atoms with Crippen LogP contribution in [0.4, 0.5) is 0 Å². The molecule has 4 N–H and O–H groups in total. The zero-order valence-electron chi connectivity index (χ0n) is 10.8. The molecule has 2 unspecified atom stereocenters. The van der Waals surface area contributed by atoms with Crippen molar-refractivity contribution in [2.24, 2.45) is 0 Å². The SMILES string of the molecule is CC(=O)NCCC(O)C(O)c1ccc2[nH]ccc2c1. The number of amides is 1. The van der Waals surface area contributed by atoms with E-state index in [0.717, 1.165) is 10.9 Å². The Balaban J connectivity index is 2.01. The predicted octanol–water partition coefficient (Wildman–Crippen LogP) is 1.09. The third kappa shape index (κ3) is 3.33. The Morgan fingerprint density at radius 3 is 2.89 bits per heavy atom. The van der Waals surface area contributed by atoms with Crippen molar-refractivity contribution < 1.29 is 15.0 Å². The van der Waals surface area contributed by atoms with E-state index in [1.165, 1.54) is 6.92 Å². The molecule has 0 fully saturated rings. The predicted molar refractivity (Wildman–Crippen MR) is 72.6 cm³/mol. The van der Waals surface area contributed by atoms with Crippen LogP contribution in [0.2, 0.25) is 0 Å². The maximum atomic E-state index is 10.7. The van der Waals surface area contributed by atoms with Crippen LogP contribution in [0.3, 0.4) is 0 Å². The van der Waals surface area contributed by atoms with E-state index in [-0.39, 0.29) is 5.91 Å². The van der Waals surface area contributed by atoms with E-state index in [2.05, 4.69) is 10.3 Å². The van der Waals surface area contributed by atoms with Crippen LogP contribution >= 0.6 is 0 Å². The molecule has 2 aromatic rings. The van der Waals surface area contributed by atoms with E-state index in [4.69, 9.17) is 0 Å². The van der Waals surface area contributed by atoms with Crippen molar-refractivity contribution in [3.63, 3.8) is 0 Å². The van der Waals surface area contributed by atoms with Crippen LogP contribution in [-0.4, -0.2) is 33.8 Å². The van der Waals surface area contributed by atoms with E-state index in [0.29, 0.717) is 18.5 Å². The molecule has 2 atom stereocenters. The quantitative estimate of drug-likeness (QED) is 0.650. The Kier molecular flexibility index (Phi) is 4.19. The second kappa shape index (κ2) is 5.86. The van der Waals surface area contributed by atoms with Gasteiger partial charge in [-0.1, -0.05) is 6.07 Å². The van der Waals surface area contributed by atoms with E-state index >= 15 is 0 Å². The number of aliphatic hydroxyl groups excluding tert-OH is 2. The Morgan fingerprint density at radius 2 is 2.16 bits per heavy atom. The van der Waals surface area contributed by atoms with Gasteiger partial charge < -0.3 is 20.5 Å². The van der Waals surface area contributed by atoms with Crippen LogP contribution in [0.15, 0.2) is 30.5 Å². The molecule has 0 spiro atoms. The summed E-state index contributed by atoms with van der Waals surface area (Å²) in [5, 5.41) is 23.6. The van der Waals surface area contributed by atoms with Crippen LogP contribution in [0.25, 0.3) is 10.9 Å². The fraction of sp³-hybridized carbons (Fsp3) is 0.357. The minimum Gasteiger partial charge on any atom is -0.390 e. The molecule has 0 saturated heterocycles. The molecule has 5 nitrogen and oxygen atoms in total. The summed E-state index contributed by atoms with van der Waals surface area (Å²) in [7, 11) is 0. The van der Waals surface area contributed by atoms with Crippen molar-refractivity contribution in [3.05, 3.63) is 36.0 Å². The average molecular weight is 262 g/mol. The molecule has 0 bridgehead atoms. The lowest BCUT2D eigenvalue weighted by atomic mass is 10.0. The average Bonchev–Trinajstić information content (AvgIpc) is 2.84. The second-order valence-electron chi connectivity index (χ2n) is 4.61. The van der Waals surface area contributed by atoms with Gasteiger partial charge in [0.05, 0.1) is 6.10 Å². The number of carbonyl (C=O) groups is 1. The highest BCUT2D eigenvalue weighted by molar-refractivity contribution is 5.80. The monoisotopic (exact) mass is 262 g/mol. The van der Waals surface area contributed by atoms with Crippen molar-refractivity contribution in [3.8, 4) is 0 Å². The van der Waals surface area contributed by atoms with Crippen molar-refractivity contribution in [1.82, 2.24) is 10.3 Å². The summed E-state index contributed by atoms with van der Waals surface area (Å²) < 4.78 is 0. The Morgan fingerprint density at radius 1 is 1.37 bits per heavy atom. The molecule has 19 heavy (non-hydrogen) atoms. The summed E-state index contributed by atoms with van der Waals surface area (Å²) >= 11 is 0. The molecule has 0 radical (unpaired) electrons. The lowest BCUT2D eigenvalue weighted by Gasteiger charge is -2.18. The number of hydrogen-bond donors (Lipinski definition) is 4. The number of nitrogens with one attached hydrogen (secondary N) is 2. The van der Waals surface area contributed by atoms with Crippen LogP contribution in [0.1, 0.15) is 25.0 Å². The van der Waals surface area contributed by atoms with E-state index in [9.17, 15) is 15.0 Å². The number of H-pyrrole nitrogens is 1. The molecule has 0 aliphatic rings. The molecular weight excluding hydrogens is 244 g/mol. The lowest BCUT2D eigenvalue weighted by molar-refractivity contribution is -0.119. The van der Waals surface area contributed by atoms with Gasteiger partial charge in [-0.15, -0.1) is 0 Å². The Bertz CT molecular complexity index is 565. The van der Waals surface area contributed by atoms with Gasteiger partial charge in [0.2, 0.25) is 5.91 Å². The zero-order chi connectivity index (χ0) is 13.8. The topological polar surface area (TPSA) is 85.3 Å². The van der Waals surface area contributed by atoms with E-state index in [1.54, 1.807) is 6.07 Å². The number of aromatic amines is 1. The number of hydrogen-bond acceptors (Lipinski definition) is 3. The van der Waals surface area contributed by atoms with Crippen molar-refractivity contribution in [1.29, 1.82) is 0 Å². The molecule has 1 aromatic heterocycles. The summed E-state index contributed by atoms with van der Waals surface area (Å²) in [4.78, 5) is 13.8. The van der Waals surface area contributed by atoms with E-state index in [1.807, 2.05) is 24.4 Å². The largest absolute Gasteiger partial charge is 0.390 e. The number of aromatic nitrogens is 1. The first-order valence-electron chi connectivity index (χ1n) is 6.25. The summed E-state index contributed by atoms with van der Waals surface area (Å²) in [6.45, 7) is 1.77. The number of fused-ring (bicyclic) bond motifs is 1. The minimum absolute atomic E-state index is 0.143.